The number of carbonyl (C=O) groups excluding carboxylic acids is 1. The van der Waals surface area contributed by atoms with Gasteiger partial charge in [-0.1, -0.05) is 11.6 Å². The number of hydrogen-bond acceptors (Lipinski definition) is 5. The van der Waals surface area contributed by atoms with E-state index in [0.29, 0.717) is 29.5 Å². The Morgan fingerprint density at radius 1 is 1.26 bits per heavy atom. The van der Waals surface area contributed by atoms with Gasteiger partial charge in [-0.05, 0) is 36.4 Å². The summed E-state index contributed by atoms with van der Waals surface area (Å²) in [6.07, 6.45) is 0. The monoisotopic (exact) mass is 334 g/mol. The summed E-state index contributed by atoms with van der Waals surface area (Å²) >= 11 is 6.12. The van der Waals surface area contributed by atoms with E-state index in [1.165, 1.54) is 7.11 Å². The molecule has 1 aliphatic rings. The molecule has 3 rings (SSSR count). The average molecular weight is 335 g/mol. The zero-order chi connectivity index (χ0) is 16.2. The number of ether oxygens (including phenoxy) is 4. The van der Waals surface area contributed by atoms with Crippen LogP contribution in [0.2, 0.25) is 5.02 Å². The topological polar surface area (TPSA) is 54.0 Å². The summed E-state index contributed by atoms with van der Waals surface area (Å²) < 4.78 is 21.2. The van der Waals surface area contributed by atoms with Crippen LogP contribution in [0, 0.1) is 0 Å². The molecule has 2 aromatic carbocycles. The summed E-state index contributed by atoms with van der Waals surface area (Å²) in [6, 6.07) is 10.4. The van der Waals surface area contributed by atoms with Crippen LogP contribution in [0.5, 0.6) is 11.5 Å². The molecule has 23 heavy (non-hydrogen) atoms. The van der Waals surface area contributed by atoms with Crippen LogP contribution in [0.25, 0.3) is 0 Å². The molecule has 1 aliphatic heterocycles. The van der Waals surface area contributed by atoms with Crippen molar-refractivity contribution in [3.8, 4) is 11.5 Å². The lowest BCUT2D eigenvalue weighted by molar-refractivity contribution is -0.0175. The molecule has 2 aromatic rings. The molecule has 0 spiro atoms. The van der Waals surface area contributed by atoms with Crippen LogP contribution in [0.1, 0.15) is 21.5 Å². The molecule has 0 saturated heterocycles. The predicted octanol–water partition coefficient (Wildman–Crippen LogP) is 3.57. The van der Waals surface area contributed by atoms with E-state index in [1.807, 2.05) is 12.1 Å². The zero-order valence-electron chi connectivity index (χ0n) is 12.5. The van der Waals surface area contributed by atoms with E-state index in [9.17, 15) is 4.79 Å². The van der Waals surface area contributed by atoms with E-state index in [-0.39, 0.29) is 12.8 Å². The van der Waals surface area contributed by atoms with Gasteiger partial charge in [0.05, 0.1) is 19.3 Å². The third-order valence-electron chi connectivity index (χ3n) is 3.42. The first kappa shape index (κ1) is 15.6. The molecule has 0 unspecified atom stereocenters. The molecule has 1 heterocycles. The fourth-order valence-corrected chi connectivity index (χ4v) is 2.59. The summed E-state index contributed by atoms with van der Waals surface area (Å²) in [5.41, 5.74) is 2.23. The quantitative estimate of drug-likeness (QED) is 0.800. The summed E-state index contributed by atoms with van der Waals surface area (Å²) in [6.45, 7) is 0.993. The van der Waals surface area contributed by atoms with Crippen LogP contribution in [-0.4, -0.2) is 19.9 Å². The lowest BCUT2D eigenvalue weighted by atomic mass is 10.1. The highest BCUT2D eigenvalue weighted by molar-refractivity contribution is 6.30. The number of rotatable bonds is 4. The van der Waals surface area contributed by atoms with Crippen molar-refractivity contribution in [2.24, 2.45) is 0 Å². The Labute approximate surface area is 138 Å². The van der Waals surface area contributed by atoms with E-state index in [4.69, 9.17) is 25.8 Å². The van der Waals surface area contributed by atoms with Gasteiger partial charge < -0.3 is 18.9 Å². The van der Waals surface area contributed by atoms with Crippen molar-refractivity contribution < 1.29 is 23.7 Å². The maximum Gasteiger partial charge on any atom is 0.337 e. The minimum Gasteiger partial charge on any atom is -0.489 e. The highest BCUT2D eigenvalue weighted by Crippen LogP contribution is 2.32. The molecule has 5 nitrogen and oxygen atoms in total. The summed E-state index contributed by atoms with van der Waals surface area (Å²) in [7, 11) is 1.35. The normalized spacial score (nSPS) is 13.0. The minimum absolute atomic E-state index is 0.218. The summed E-state index contributed by atoms with van der Waals surface area (Å²) in [5, 5.41) is 0.609. The van der Waals surface area contributed by atoms with Gasteiger partial charge in [-0.2, -0.15) is 0 Å². The molecule has 0 saturated carbocycles. The van der Waals surface area contributed by atoms with Crippen LogP contribution >= 0.6 is 11.6 Å². The average Bonchev–Trinajstić information content (AvgIpc) is 2.59. The predicted molar refractivity (Wildman–Crippen MR) is 83.8 cm³/mol. The standard InChI is InChI=1S/C17H15ClO5/c1-20-17(19)11-2-4-15(5-3-11)22-9-13-7-14(18)6-12-8-21-10-23-16(12)13/h2-7H,8-10H2,1H3. The SMILES string of the molecule is COC(=O)c1ccc(OCc2cc(Cl)cc3c2OCOC3)cc1. The molecular formula is C17H15ClO5. The van der Waals surface area contributed by atoms with Crippen LogP contribution < -0.4 is 9.47 Å². The van der Waals surface area contributed by atoms with Crippen molar-refractivity contribution in [1.82, 2.24) is 0 Å². The van der Waals surface area contributed by atoms with Crippen molar-refractivity contribution in [2.45, 2.75) is 13.2 Å². The Balaban J connectivity index is 1.73. The smallest absolute Gasteiger partial charge is 0.337 e. The number of esters is 1. The van der Waals surface area contributed by atoms with Gasteiger partial charge >= 0.3 is 5.97 Å². The third-order valence-corrected chi connectivity index (χ3v) is 3.64. The zero-order valence-corrected chi connectivity index (χ0v) is 13.3. The molecule has 0 atom stereocenters. The van der Waals surface area contributed by atoms with Gasteiger partial charge in [0.15, 0.2) is 6.79 Å². The second kappa shape index (κ2) is 6.89. The number of halogens is 1. The van der Waals surface area contributed by atoms with Crippen LogP contribution in [-0.2, 0) is 22.7 Å². The highest BCUT2D eigenvalue weighted by atomic mass is 35.5. The van der Waals surface area contributed by atoms with Crippen molar-refractivity contribution in [3.63, 3.8) is 0 Å². The number of fused-ring (bicyclic) bond motifs is 1. The Bertz CT molecular complexity index is 712. The highest BCUT2D eigenvalue weighted by Gasteiger charge is 2.17. The second-order valence-electron chi connectivity index (χ2n) is 4.97. The molecule has 0 N–H and O–H groups in total. The van der Waals surface area contributed by atoms with Gasteiger partial charge in [0, 0.05) is 16.1 Å². The Kier molecular flexibility index (Phi) is 4.69. The van der Waals surface area contributed by atoms with E-state index in [2.05, 4.69) is 4.74 Å². The summed E-state index contributed by atoms with van der Waals surface area (Å²) in [4.78, 5) is 11.4. The molecule has 0 aromatic heterocycles. The first-order chi connectivity index (χ1) is 11.2. The molecule has 0 bridgehead atoms. The number of methoxy groups -OCH3 is 1. The fourth-order valence-electron chi connectivity index (χ4n) is 2.33. The van der Waals surface area contributed by atoms with Gasteiger partial charge in [0.25, 0.3) is 0 Å². The lowest BCUT2D eigenvalue weighted by Crippen LogP contribution is -2.14. The first-order valence-electron chi connectivity index (χ1n) is 7.00. The van der Waals surface area contributed by atoms with Gasteiger partial charge in [0.1, 0.15) is 18.1 Å². The molecule has 6 heteroatoms. The first-order valence-corrected chi connectivity index (χ1v) is 7.38. The van der Waals surface area contributed by atoms with Gasteiger partial charge in [0.2, 0.25) is 0 Å². The maximum atomic E-state index is 11.4. The number of benzene rings is 2. The van der Waals surface area contributed by atoms with Crippen LogP contribution in [0.4, 0.5) is 0 Å². The number of hydrogen-bond donors (Lipinski definition) is 0. The van der Waals surface area contributed by atoms with Gasteiger partial charge in [-0.3, -0.25) is 0 Å². The summed E-state index contributed by atoms with van der Waals surface area (Å²) in [5.74, 6) is 1.01. The van der Waals surface area contributed by atoms with E-state index < -0.39 is 0 Å². The number of carbonyl (C=O) groups is 1. The second-order valence-corrected chi connectivity index (χ2v) is 5.40. The van der Waals surface area contributed by atoms with E-state index in [0.717, 1.165) is 16.9 Å². The van der Waals surface area contributed by atoms with E-state index >= 15 is 0 Å². The molecule has 0 radical (unpaired) electrons. The van der Waals surface area contributed by atoms with Crippen molar-refractivity contribution in [1.29, 1.82) is 0 Å². The third kappa shape index (κ3) is 3.57. The minimum atomic E-state index is -0.381. The van der Waals surface area contributed by atoms with Gasteiger partial charge in [-0.25, -0.2) is 4.79 Å². The molecule has 120 valence electrons. The van der Waals surface area contributed by atoms with Crippen molar-refractivity contribution in [3.05, 3.63) is 58.1 Å². The Hall–Kier alpha value is -2.24. The molecule has 0 aliphatic carbocycles. The fraction of sp³-hybridized carbons (Fsp3) is 0.235. The largest absolute Gasteiger partial charge is 0.489 e. The Morgan fingerprint density at radius 3 is 2.78 bits per heavy atom. The lowest BCUT2D eigenvalue weighted by Gasteiger charge is -2.21. The van der Waals surface area contributed by atoms with Crippen LogP contribution in [0.15, 0.2) is 36.4 Å². The maximum absolute atomic E-state index is 11.4. The molecule has 0 fully saturated rings. The molecular weight excluding hydrogens is 320 g/mol. The van der Waals surface area contributed by atoms with Crippen molar-refractivity contribution in [2.75, 3.05) is 13.9 Å². The van der Waals surface area contributed by atoms with Crippen LogP contribution in [0.3, 0.4) is 0 Å². The van der Waals surface area contributed by atoms with Crippen molar-refractivity contribution >= 4 is 17.6 Å². The van der Waals surface area contributed by atoms with E-state index in [1.54, 1.807) is 24.3 Å². The van der Waals surface area contributed by atoms with Gasteiger partial charge in [-0.15, -0.1) is 0 Å². The Morgan fingerprint density at radius 2 is 2.04 bits per heavy atom. The molecule has 0 amide bonds.